The van der Waals surface area contributed by atoms with Crippen molar-refractivity contribution in [3.63, 3.8) is 0 Å². The Hall–Kier alpha value is -4.04. The summed E-state index contributed by atoms with van der Waals surface area (Å²) >= 11 is -2.37. The zero-order valence-corrected chi connectivity index (χ0v) is 30.1. The van der Waals surface area contributed by atoms with Crippen molar-refractivity contribution >= 4 is 16.0 Å². The maximum atomic E-state index is 2.51. The molecule has 0 aromatic heterocycles. The van der Waals surface area contributed by atoms with Crippen LogP contribution in [0.2, 0.25) is 0 Å². The summed E-state index contributed by atoms with van der Waals surface area (Å²) in [5.74, 6) is 0. The minimum atomic E-state index is -2.37. The summed E-state index contributed by atoms with van der Waals surface area (Å²) in [5, 5.41) is 0. The third-order valence-electron chi connectivity index (χ3n) is 9.76. The predicted molar refractivity (Wildman–Crippen MR) is 193 cm³/mol. The summed E-state index contributed by atoms with van der Waals surface area (Å²) < 4.78 is 2.34. The molecule has 8 rings (SSSR count). The van der Waals surface area contributed by atoms with Crippen LogP contribution in [-0.2, 0) is 17.4 Å². The van der Waals surface area contributed by atoms with Gasteiger partial charge in [-0.15, -0.1) is 0 Å². The van der Waals surface area contributed by atoms with Crippen LogP contribution in [0.4, 0.5) is 0 Å². The molecule has 6 aromatic carbocycles. The van der Waals surface area contributed by atoms with E-state index in [0.717, 1.165) is 0 Å². The van der Waals surface area contributed by atoms with E-state index in [1.54, 1.807) is 3.81 Å². The van der Waals surface area contributed by atoms with Gasteiger partial charge >= 0.3 is 280 Å². The Balaban J connectivity index is 0.00000201. The van der Waals surface area contributed by atoms with Crippen LogP contribution in [0.3, 0.4) is 0 Å². The smallest absolute Gasteiger partial charge is 1.00 e. The summed E-state index contributed by atoms with van der Waals surface area (Å²) in [6, 6.07) is 58.4. The monoisotopic (exact) mass is 694 g/mol. The fourth-order valence-corrected chi connectivity index (χ4v) is 14.4. The molecule has 6 aromatic rings. The number of halogens is 2. The van der Waals surface area contributed by atoms with Crippen LogP contribution in [-0.4, -0.2) is 3.81 Å². The minimum absolute atomic E-state index is 0. The predicted octanol–water partition coefficient (Wildman–Crippen LogP) is 5.53. The maximum Gasteiger partial charge on any atom is -1.00 e. The molecular weight excluding hydrogens is 659 g/mol. The van der Waals surface area contributed by atoms with Crippen molar-refractivity contribution in [3.05, 3.63) is 202 Å². The first-order valence-electron chi connectivity index (χ1n) is 16.3. The Morgan fingerprint density at radius 1 is 0.417 bits per heavy atom. The molecule has 2 aliphatic rings. The van der Waals surface area contributed by atoms with Crippen LogP contribution < -0.4 is 24.8 Å². The Morgan fingerprint density at radius 3 is 1.15 bits per heavy atom. The molecule has 0 bridgehead atoms. The maximum absolute atomic E-state index is 2.51. The summed E-state index contributed by atoms with van der Waals surface area (Å²) in [7, 11) is 0. The number of fused-ring (bicyclic) bond motifs is 2. The zero-order chi connectivity index (χ0) is 31.0. The summed E-state index contributed by atoms with van der Waals surface area (Å²) in [4.78, 5) is 0. The summed E-state index contributed by atoms with van der Waals surface area (Å²) in [6.07, 6.45) is 5.02. The van der Waals surface area contributed by atoms with Gasteiger partial charge in [-0.05, 0) is 0 Å². The molecule has 2 unspecified atom stereocenters. The van der Waals surface area contributed by atoms with Crippen LogP contribution >= 0.6 is 0 Å². The molecule has 2 atom stereocenters. The third kappa shape index (κ3) is 6.04. The van der Waals surface area contributed by atoms with Crippen molar-refractivity contribution in [1.29, 1.82) is 0 Å². The number of hydrogen-bond acceptors (Lipinski definition) is 0. The van der Waals surface area contributed by atoms with E-state index in [1.807, 2.05) is 0 Å². The number of benzene rings is 6. The molecule has 0 fully saturated rings. The average molecular weight is 696 g/mol. The second-order valence-electron chi connectivity index (χ2n) is 12.6. The van der Waals surface area contributed by atoms with Gasteiger partial charge in [-0.25, -0.2) is 0 Å². The van der Waals surface area contributed by atoms with Crippen LogP contribution in [0.5, 0.6) is 0 Å². The van der Waals surface area contributed by atoms with E-state index in [-0.39, 0.29) is 24.8 Å². The zero-order valence-electron chi connectivity index (χ0n) is 27.1. The van der Waals surface area contributed by atoms with Gasteiger partial charge in [0.05, 0.1) is 0 Å². The summed E-state index contributed by atoms with van der Waals surface area (Å²) in [5.41, 5.74) is 16.8. The average Bonchev–Trinajstić information content (AvgIpc) is 3.63. The van der Waals surface area contributed by atoms with Crippen molar-refractivity contribution in [3.8, 4) is 22.3 Å². The molecule has 2 aliphatic carbocycles. The SMILES string of the molecule is CC1=Cc2c(-c3ccccc3)cccc2[CH]1[Ti+2](=[C](c1ccccc1)c1ccccc1)[CH]1C(C)=Cc2c(-c3ccccc3)cccc21.[Cl-].[Cl-]. The van der Waals surface area contributed by atoms with E-state index >= 15 is 0 Å². The van der Waals surface area contributed by atoms with E-state index in [2.05, 4.69) is 184 Å². The van der Waals surface area contributed by atoms with Gasteiger partial charge in [0, 0.05) is 0 Å². The molecule has 48 heavy (non-hydrogen) atoms. The van der Waals surface area contributed by atoms with E-state index in [9.17, 15) is 0 Å². The quantitative estimate of drug-likeness (QED) is 0.201. The number of rotatable bonds is 6. The topological polar surface area (TPSA) is 0 Å². The molecule has 0 nitrogen and oxygen atoms in total. The Labute approximate surface area is 303 Å². The van der Waals surface area contributed by atoms with Gasteiger partial charge < -0.3 is 24.8 Å². The van der Waals surface area contributed by atoms with Crippen LogP contribution in [0.1, 0.15) is 55.7 Å². The molecule has 0 aliphatic heterocycles. The fraction of sp³-hybridized carbons (Fsp3) is 0.0889. The number of allylic oxidation sites excluding steroid dienone is 2. The Kier molecular flexibility index (Phi) is 10.3. The minimum Gasteiger partial charge on any atom is -1.00 e. The first-order valence-corrected chi connectivity index (χ1v) is 18.9. The molecule has 234 valence electrons. The normalized spacial score (nSPS) is 15.4. The molecule has 0 saturated heterocycles. The molecular formula is C45H36Cl2Ti. The van der Waals surface area contributed by atoms with Crippen LogP contribution in [0.25, 0.3) is 34.4 Å². The number of hydrogen-bond donors (Lipinski definition) is 0. The molecule has 0 radical (unpaired) electrons. The van der Waals surface area contributed by atoms with Gasteiger partial charge in [-0.3, -0.25) is 0 Å². The van der Waals surface area contributed by atoms with Gasteiger partial charge in [0.25, 0.3) is 0 Å². The first-order chi connectivity index (χ1) is 22.7. The van der Waals surface area contributed by atoms with E-state index in [1.165, 1.54) is 66.8 Å². The molecule has 0 heterocycles. The van der Waals surface area contributed by atoms with Crippen molar-refractivity contribution in [2.24, 2.45) is 0 Å². The van der Waals surface area contributed by atoms with Gasteiger partial charge in [0.2, 0.25) is 0 Å². The second kappa shape index (κ2) is 14.6. The van der Waals surface area contributed by atoms with E-state index < -0.39 is 17.4 Å². The second-order valence-corrected chi connectivity index (χ2v) is 16.6. The molecule has 0 spiro atoms. The van der Waals surface area contributed by atoms with Crippen molar-refractivity contribution in [2.75, 3.05) is 0 Å². The molecule has 0 saturated carbocycles. The van der Waals surface area contributed by atoms with Gasteiger partial charge in [0.1, 0.15) is 0 Å². The fourth-order valence-electron chi connectivity index (χ4n) is 7.83. The van der Waals surface area contributed by atoms with Gasteiger partial charge in [0.15, 0.2) is 0 Å². The third-order valence-corrected chi connectivity index (χ3v) is 15.9. The molecule has 3 heteroatoms. The van der Waals surface area contributed by atoms with Crippen molar-refractivity contribution in [1.82, 2.24) is 0 Å². The van der Waals surface area contributed by atoms with Crippen molar-refractivity contribution < 1.29 is 42.2 Å². The largest absolute Gasteiger partial charge is 1.00 e. The summed E-state index contributed by atoms with van der Waals surface area (Å²) in [6.45, 7) is 4.80. The van der Waals surface area contributed by atoms with Crippen LogP contribution in [0, 0.1) is 0 Å². The Bertz CT molecular complexity index is 1990. The first kappa shape index (κ1) is 33.8. The standard InChI is InChI=1S/2C16H13.C13H10.2ClH.Ti/c2*1-12-10-14-8-5-9-15(16(14)11-12)13-6-3-2-4-7-13;1-3-7-12(8-4-1)11-13-9-5-2-6-10-13;;;/h2*2-11H,1H3;1-10H;2*1H;/q;;;;;+2/p-2. The van der Waals surface area contributed by atoms with Gasteiger partial charge in [-0.1, -0.05) is 0 Å². The molecule has 0 amide bonds. The van der Waals surface area contributed by atoms with Crippen molar-refractivity contribution in [2.45, 2.75) is 22.3 Å². The van der Waals surface area contributed by atoms with Crippen LogP contribution in [0.15, 0.2) is 169 Å². The van der Waals surface area contributed by atoms with Gasteiger partial charge in [-0.2, -0.15) is 0 Å². The van der Waals surface area contributed by atoms with E-state index in [0.29, 0.717) is 8.45 Å². The molecule has 0 N–H and O–H groups in total. The van der Waals surface area contributed by atoms with E-state index in [4.69, 9.17) is 0 Å². The Morgan fingerprint density at radius 2 is 0.771 bits per heavy atom.